The largest absolute Gasteiger partial charge is 0.356 e. The maximum atomic E-state index is 13.0. The Morgan fingerprint density at radius 2 is 1.76 bits per heavy atom. The number of pyridine rings is 1. The van der Waals surface area contributed by atoms with Crippen LogP contribution in [0.1, 0.15) is 28.8 Å². The molecule has 1 amide bonds. The third-order valence-electron chi connectivity index (χ3n) is 7.23. The average Bonchev–Trinajstić information content (AvgIpc) is 3.17. The molecule has 3 aromatic rings. The van der Waals surface area contributed by atoms with Crippen molar-refractivity contribution in [1.29, 1.82) is 0 Å². The van der Waals surface area contributed by atoms with Crippen LogP contribution in [0.3, 0.4) is 0 Å². The standard InChI is InChI=1S/C25H33N7OS/c1-17-18(2)34-25-21(17)23(28-16-29-25)31-9-6-19(7-10-31)24(33)27-15-20-5-4-8-26-22(20)32-13-11-30(3)12-14-32/h4-5,8,16,19H,6-7,9-15H2,1-3H3,(H,27,33). The summed E-state index contributed by atoms with van der Waals surface area (Å²) in [6.07, 6.45) is 5.17. The lowest BCUT2D eigenvalue weighted by Crippen LogP contribution is -2.45. The van der Waals surface area contributed by atoms with Gasteiger partial charge in [0.25, 0.3) is 0 Å². The number of amides is 1. The molecule has 34 heavy (non-hydrogen) atoms. The number of nitrogens with one attached hydrogen (secondary N) is 1. The van der Waals surface area contributed by atoms with Gasteiger partial charge in [0, 0.05) is 68.4 Å². The van der Waals surface area contributed by atoms with Crippen LogP contribution in [0.4, 0.5) is 11.6 Å². The molecule has 2 aliphatic heterocycles. The number of carbonyl (C=O) groups is 1. The summed E-state index contributed by atoms with van der Waals surface area (Å²) >= 11 is 1.73. The molecule has 2 saturated heterocycles. The number of piperidine rings is 1. The highest BCUT2D eigenvalue weighted by Gasteiger charge is 2.27. The van der Waals surface area contributed by atoms with Gasteiger partial charge in [-0.25, -0.2) is 15.0 Å². The van der Waals surface area contributed by atoms with Gasteiger partial charge in [0.2, 0.25) is 5.91 Å². The van der Waals surface area contributed by atoms with Crippen molar-refractivity contribution >= 4 is 39.1 Å². The number of aryl methyl sites for hydroxylation is 2. The van der Waals surface area contributed by atoms with Crippen molar-refractivity contribution in [3.8, 4) is 0 Å². The number of hydrogen-bond donors (Lipinski definition) is 1. The van der Waals surface area contributed by atoms with Gasteiger partial charge in [-0.2, -0.15) is 0 Å². The number of rotatable bonds is 5. The SMILES string of the molecule is Cc1sc2ncnc(N3CCC(C(=O)NCc4cccnc4N4CCN(C)CC4)CC3)c2c1C. The lowest BCUT2D eigenvalue weighted by atomic mass is 9.95. The number of anilines is 2. The number of carbonyl (C=O) groups excluding carboxylic acids is 1. The summed E-state index contributed by atoms with van der Waals surface area (Å²) in [5.41, 5.74) is 2.35. The van der Waals surface area contributed by atoms with Crippen molar-refractivity contribution < 1.29 is 4.79 Å². The van der Waals surface area contributed by atoms with E-state index in [1.807, 2.05) is 12.3 Å². The second-order valence-electron chi connectivity index (χ2n) is 9.42. The summed E-state index contributed by atoms with van der Waals surface area (Å²) in [6.45, 7) is 10.5. The highest BCUT2D eigenvalue weighted by Crippen LogP contribution is 2.35. The van der Waals surface area contributed by atoms with Gasteiger partial charge in [-0.3, -0.25) is 4.79 Å². The first-order chi connectivity index (χ1) is 16.5. The lowest BCUT2D eigenvalue weighted by Gasteiger charge is -2.34. The minimum atomic E-state index is 0.0302. The van der Waals surface area contributed by atoms with Crippen LogP contribution in [0, 0.1) is 19.8 Å². The van der Waals surface area contributed by atoms with E-state index in [0.29, 0.717) is 6.54 Å². The molecule has 9 heteroatoms. The van der Waals surface area contributed by atoms with Crippen molar-refractivity contribution in [3.05, 3.63) is 40.7 Å². The van der Waals surface area contributed by atoms with Crippen molar-refractivity contribution in [2.45, 2.75) is 33.2 Å². The molecule has 2 fully saturated rings. The topological polar surface area (TPSA) is 77.5 Å². The Hall–Kier alpha value is -2.78. The van der Waals surface area contributed by atoms with Crippen LogP contribution in [-0.4, -0.2) is 72.1 Å². The predicted molar refractivity (Wildman–Crippen MR) is 138 cm³/mol. The molecule has 0 unspecified atom stereocenters. The fourth-order valence-corrected chi connectivity index (χ4v) is 5.95. The third kappa shape index (κ3) is 4.59. The van der Waals surface area contributed by atoms with E-state index >= 15 is 0 Å². The number of aromatic nitrogens is 3. The first-order valence-electron chi connectivity index (χ1n) is 12.1. The van der Waals surface area contributed by atoms with Crippen LogP contribution in [0.15, 0.2) is 24.7 Å². The van der Waals surface area contributed by atoms with Crippen LogP contribution >= 0.6 is 11.3 Å². The molecule has 1 N–H and O–H groups in total. The molecule has 2 aliphatic rings. The van der Waals surface area contributed by atoms with Gasteiger partial charge >= 0.3 is 0 Å². The van der Waals surface area contributed by atoms with Gasteiger partial charge < -0.3 is 20.0 Å². The summed E-state index contributed by atoms with van der Waals surface area (Å²) in [6, 6.07) is 4.03. The fraction of sp³-hybridized carbons (Fsp3) is 0.520. The van der Waals surface area contributed by atoms with Gasteiger partial charge in [-0.15, -0.1) is 11.3 Å². The number of thiophene rings is 1. The normalized spacial score (nSPS) is 18.0. The van der Waals surface area contributed by atoms with Gasteiger partial charge in [0.1, 0.15) is 22.8 Å². The lowest BCUT2D eigenvalue weighted by molar-refractivity contribution is -0.125. The van der Waals surface area contributed by atoms with Gasteiger partial charge in [-0.05, 0) is 45.4 Å². The number of likely N-dealkylation sites (N-methyl/N-ethyl adjacent to an activating group) is 1. The fourth-order valence-electron chi connectivity index (χ4n) is 4.95. The van der Waals surface area contributed by atoms with Crippen molar-refractivity contribution in [1.82, 2.24) is 25.2 Å². The van der Waals surface area contributed by atoms with Crippen molar-refractivity contribution in [3.63, 3.8) is 0 Å². The molecule has 0 spiro atoms. The third-order valence-corrected chi connectivity index (χ3v) is 8.35. The second kappa shape index (κ2) is 9.84. The minimum Gasteiger partial charge on any atom is -0.356 e. The Labute approximate surface area is 205 Å². The molecule has 0 atom stereocenters. The molecule has 5 rings (SSSR count). The summed E-state index contributed by atoms with van der Waals surface area (Å²) < 4.78 is 0. The number of nitrogens with zero attached hydrogens (tertiary/aromatic N) is 6. The molecule has 0 bridgehead atoms. The Kier molecular flexibility index (Phi) is 6.65. The van der Waals surface area contributed by atoms with Crippen molar-refractivity contribution in [2.24, 2.45) is 5.92 Å². The summed E-state index contributed by atoms with van der Waals surface area (Å²) in [4.78, 5) is 36.1. The second-order valence-corrected chi connectivity index (χ2v) is 10.6. The summed E-state index contributed by atoms with van der Waals surface area (Å²) in [5, 5.41) is 4.36. The molecule has 0 aromatic carbocycles. The first-order valence-corrected chi connectivity index (χ1v) is 12.9. The molecule has 0 radical (unpaired) electrons. The van der Waals surface area contributed by atoms with Crippen LogP contribution < -0.4 is 15.1 Å². The van der Waals surface area contributed by atoms with E-state index in [0.717, 1.165) is 74.1 Å². The molecule has 5 heterocycles. The predicted octanol–water partition coefficient (Wildman–Crippen LogP) is 2.99. The molecule has 180 valence electrons. The quantitative estimate of drug-likeness (QED) is 0.603. The molecular formula is C25H33N7OS. The van der Waals surface area contributed by atoms with Crippen LogP contribution in [-0.2, 0) is 11.3 Å². The Balaban J connectivity index is 1.19. The van der Waals surface area contributed by atoms with Gasteiger partial charge in [0.05, 0.1) is 5.39 Å². The van der Waals surface area contributed by atoms with E-state index in [1.165, 1.54) is 15.8 Å². The summed E-state index contributed by atoms with van der Waals surface area (Å²) in [5.74, 6) is 2.18. The molecule has 0 aliphatic carbocycles. The number of hydrogen-bond acceptors (Lipinski definition) is 8. The van der Waals surface area contributed by atoms with Crippen LogP contribution in [0.25, 0.3) is 10.2 Å². The smallest absolute Gasteiger partial charge is 0.223 e. The first kappa shape index (κ1) is 23.0. The number of fused-ring (bicyclic) bond motifs is 1. The van der Waals surface area contributed by atoms with Gasteiger partial charge in [-0.1, -0.05) is 6.07 Å². The van der Waals surface area contributed by atoms with E-state index in [4.69, 9.17) is 0 Å². The number of piperazine rings is 1. The Morgan fingerprint density at radius 3 is 2.53 bits per heavy atom. The maximum Gasteiger partial charge on any atom is 0.223 e. The minimum absolute atomic E-state index is 0.0302. The highest BCUT2D eigenvalue weighted by molar-refractivity contribution is 7.18. The summed E-state index contributed by atoms with van der Waals surface area (Å²) in [7, 11) is 2.15. The molecule has 8 nitrogen and oxygen atoms in total. The zero-order valence-electron chi connectivity index (χ0n) is 20.3. The zero-order chi connectivity index (χ0) is 23.7. The highest BCUT2D eigenvalue weighted by atomic mass is 32.1. The van der Waals surface area contributed by atoms with E-state index in [1.54, 1.807) is 17.7 Å². The molecule has 0 saturated carbocycles. The van der Waals surface area contributed by atoms with E-state index in [9.17, 15) is 4.79 Å². The van der Waals surface area contributed by atoms with Gasteiger partial charge in [0.15, 0.2) is 0 Å². The van der Waals surface area contributed by atoms with Crippen LogP contribution in [0.5, 0.6) is 0 Å². The Morgan fingerprint density at radius 1 is 1.03 bits per heavy atom. The average molecular weight is 480 g/mol. The zero-order valence-corrected chi connectivity index (χ0v) is 21.1. The monoisotopic (exact) mass is 479 g/mol. The maximum absolute atomic E-state index is 13.0. The van der Waals surface area contributed by atoms with Crippen LogP contribution in [0.2, 0.25) is 0 Å². The Bertz CT molecular complexity index is 1160. The van der Waals surface area contributed by atoms with E-state index in [-0.39, 0.29) is 11.8 Å². The van der Waals surface area contributed by atoms with Crippen molar-refractivity contribution in [2.75, 3.05) is 56.1 Å². The molecule has 3 aromatic heterocycles. The van der Waals surface area contributed by atoms with E-state index < -0.39 is 0 Å². The molecular weight excluding hydrogens is 446 g/mol. The van der Waals surface area contributed by atoms with E-state index in [2.05, 4.69) is 61.9 Å².